The van der Waals surface area contributed by atoms with Crippen molar-refractivity contribution >= 4 is 10.0 Å². The topological polar surface area (TPSA) is 85.1 Å². The van der Waals surface area contributed by atoms with Crippen molar-refractivity contribution in [2.45, 2.75) is 62.8 Å². The molecule has 1 aromatic heterocycles. The first-order valence-corrected chi connectivity index (χ1v) is 9.96. The molecular weight excluding hydrogens is 326 g/mol. The summed E-state index contributed by atoms with van der Waals surface area (Å²) >= 11 is 0. The van der Waals surface area contributed by atoms with E-state index in [9.17, 15) is 8.42 Å². The summed E-state index contributed by atoms with van der Waals surface area (Å²) in [5.41, 5.74) is 0.632. The maximum Gasteiger partial charge on any atom is 0.240 e. The summed E-state index contributed by atoms with van der Waals surface area (Å²) in [6.07, 6.45) is 7.60. The minimum Gasteiger partial charge on any atom is -0.339 e. The van der Waals surface area contributed by atoms with Gasteiger partial charge in [0.25, 0.3) is 0 Å². The molecule has 1 aliphatic carbocycles. The van der Waals surface area contributed by atoms with Crippen LogP contribution in [-0.4, -0.2) is 24.6 Å². The lowest BCUT2D eigenvalue weighted by Crippen LogP contribution is -2.35. The van der Waals surface area contributed by atoms with E-state index in [-0.39, 0.29) is 10.9 Å². The number of benzene rings is 1. The van der Waals surface area contributed by atoms with Gasteiger partial charge in [-0.25, -0.2) is 13.1 Å². The van der Waals surface area contributed by atoms with Crippen molar-refractivity contribution in [2.75, 3.05) is 0 Å². The van der Waals surface area contributed by atoms with Crippen molar-refractivity contribution in [3.8, 4) is 11.4 Å². The van der Waals surface area contributed by atoms with E-state index in [4.69, 9.17) is 4.52 Å². The Morgan fingerprint density at radius 3 is 2.50 bits per heavy atom. The molecule has 0 amide bonds. The minimum atomic E-state index is -3.55. The molecule has 0 bridgehead atoms. The molecule has 0 aliphatic heterocycles. The Balaban J connectivity index is 1.79. The molecule has 1 heterocycles. The highest BCUT2D eigenvalue weighted by Gasteiger charge is 2.21. The van der Waals surface area contributed by atoms with Gasteiger partial charge in [-0.15, -0.1) is 0 Å². The van der Waals surface area contributed by atoms with Crippen LogP contribution in [0.2, 0.25) is 0 Å². The predicted octanol–water partition coefficient (Wildman–Crippen LogP) is 3.44. The summed E-state index contributed by atoms with van der Waals surface area (Å²) in [4.78, 5) is 4.39. The van der Waals surface area contributed by atoms with Gasteiger partial charge in [-0.1, -0.05) is 49.4 Å². The highest BCUT2D eigenvalue weighted by atomic mass is 32.2. The predicted molar refractivity (Wildman–Crippen MR) is 90.9 cm³/mol. The van der Waals surface area contributed by atoms with E-state index in [1.54, 1.807) is 31.2 Å². The highest BCUT2D eigenvalue weighted by Crippen LogP contribution is 2.22. The van der Waals surface area contributed by atoms with Gasteiger partial charge in [0.05, 0.1) is 4.90 Å². The number of aryl methyl sites for hydroxylation is 1. The van der Waals surface area contributed by atoms with E-state index in [0.29, 0.717) is 17.3 Å². The van der Waals surface area contributed by atoms with E-state index >= 15 is 0 Å². The maximum atomic E-state index is 12.7. The van der Waals surface area contributed by atoms with Crippen LogP contribution >= 0.6 is 0 Å². The van der Waals surface area contributed by atoms with Gasteiger partial charge in [0.1, 0.15) is 0 Å². The monoisotopic (exact) mass is 349 g/mol. The Bertz CT molecular complexity index is 778. The quantitative estimate of drug-likeness (QED) is 0.914. The molecular formula is C17H23N3O3S. The van der Waals surface area contributed by atoms with Gasteiger partial charge in [-0.05, 0) is 25.0 Å². The number of hydrogen-bond acceptors (Lipinski definition) is 5. The molecule has 1 saturated carbocycles. The number of nitrogens with one attached hydrogen (secondary N) is 1. The van der Waals surface area contributed by atoms with Crippen LogP contribution in [0.5, 0.6) is 0 Å². The summed E-state index contributed by atoms with van der Waals surface area (Å²) in [6.45, 7) is 1.70. The second-order valence-electron chi connectivity index (χ2n) is 6.33. The SMILES string of the molecule is Cc1nc(-c2cccc(S(=O)(=O)NC3CCCCCCC3)c2)no1. The lowest BCUT2D eigenvalue weighted by molar-refractivity contribution is 0.394. The number of aromatic nitrogens is 2. The second kappa shape index (κ2) is 7.44. The molecule has 0 spiro atoms. The van der Waals surface area contributed by atoms with Gasteiger partial charge in [-0.2, -0.15) is 4.98 Å². The molecule has 0 radical (unpaired) electrons. The van der Waals surface area contributed by atoms with Crippen molar-refractivity contribution < 1.29 is 12.9 Å². The Kier molecular flexibility index (Phi) is 5.30. The van der Waals surface area contributed by atoms with Crippen LogP contribution in [0.3, 0.4) is 0 Å². The standard InChI is InChI=1S/C17H23N3O3S/c1-13-18-17(19-23-13)14-8-7-11-16(12-14)24(21,22)20-15-9-5-3-2-4-6-10-15/h7-8,11-12,15,20H,2-6,9-10H2,1H3. The van der Waals surface area contributed by atoms with Crippen LogP contribution in [0.1, 0.15) is 50.8 Å². The average molecular weight is 349 g/mol. The zero-order chi connectivity index (χ0) is 17.0. The normalized spacial score (nSPS) is 17.4. The molecule has 1 N–H and O–H groups in total. The molecule has 2 aromatic rings. The van der Waals surface area contributed by atoms with E-state index in [2.05, 4.69) is 14.9 Å². The van der Waals surface area contributed by atoms with Gasteiger partial charge >= 0.3 is 0 Å². The van der Waals surface area contributed by atoms with Crippen molar-refractivity contribution in [1.29, 1.82) is 0 Å². The second-order valence-corrected chi connectivity index (χ2v) is 8.04. The van der Waals surface area contributed by atoms with Crippen LogP contribution in [0.15, 0.2) is 33.7 Å². The number of hydrogen-bond donors (Lipinski definition) is 1. The zero-order valence-corrected chi connectivity index (χ0v) is 14.7. The Labute approximate surface area is 142 Å². The summed E-state index contributed by atoms with van der Waals surface area (Å²) in [5.74, 6) is 0.849. The summed E-state index contributed by atoms with van der Waals surface area (Å²) in [7, 11) is -3.55. The van der Waals surface area contributed by atoms with Crippen LogP contribution in [0.25, 0.3) is 11.4 Å². The van der Waals surface area contributed by atoms with Gasteiger partial charge in [0, 0.05) is 18.5 Å². The Morgan fingerprint density at radius 1 is 1.12 bits per heavy atom. The molecule has 24 heavy (non-hydrogen) atoms. The number of nitrogens with zero attached hydrogens (tertiary/aromatic N) is 2. The van der Waals surface area contributed by atoms with Crippen LogP contribution < -0.4 is 4.72 Å². The molecule has 1 aromatic carbocycles. The average Bonchev–Trinajstić information content (AvgIpc) is 2.97. The first-order chi connectivity index (χ1) is 11.5. The van der Waals surface area contributed by atoms with E-state index < -0.39 is 10.0 Å². The molecule has 0 atom stereocenters. The molecule has 7 heteroatoms. The first kappa shape index (κ1) is 17.1. The lowest BCUT2D eigenvalue weighted by Gasteiger charge is -2.21. The first-order valence-electron chi connectivity index (χ1n) is 8.48. The van der Waals surface area contributed by atoms with Crippen molar-refractivity contribution in [3.05, 3.63) is 30.2 Å². The van der Waals surface area contributed by atoms with E-state index in [1.807, 2.05) is 0 Å². The van der Waals surface area contributed by atoms with E-state index in [1.165, 1.54) is 19.3 Å². The fourth-order valence-electron chi connectivity index (χ4n) is 3.08. The minimum absolute atomic E-state index is 0.0198. The fraction of sp³-hybridized carbons (Fsp3) is 0.529. The molecule has 130 valence electrons. The summed E-state index contributed by atoms with van der Waals surface area (Å²) in [5, 5.41) is 3.85. The van der Waals surface area contributed by atoms with Gasteiger partial charge < -0.3 is 4.52 Å². The molecule has 3 rings (SSSR count). The third-order valence-corrected chi connectivity index (χ3v) is 5.88. The number of sulfonamides is 1. The van der Waals surface area contributed by atoms with Gasteiger partial charge in [0.15, 0.2) is 0 Å². The van der Waals surface area contributed by atoms with Crippen LogP contribution in [0, 0.1) is 6.92 Å². The van der Waals surface area contributed by atoms with Crippen molar-refractivity contribution in [2.24, 2.45) is 0 Å². The number of rotatable bonds is 4. The van der Waals surface area contributed by atoms with Gasteiger partial charge in [-0.3, -0.25) is 0 Å². The Hall–Kier alpha value is -1.73. The molecule has 0 unspecified atom stereocenters. The molecule has 1 fully saturated rings. The Morgan fingerprint density at radius 2 is 1.83 bits per heavy atom. The third kappa shape index (κ3) is 4.21. The van der Waals surface area contributed by atoms with Crippen molar-refractivity contribution in [3.63, 3.8) is 0 Å². The van der Waals surface area contributed by atoms with Crippen molar-refractivity contribution in [1.82, 2.24) is 14.9 Å². The molecule has 1 aliphatic rings. The third-order valence-electron chi connectivity index (χ3n) is 4.36. The summed E-state index contributed by atoms with van der Waals surface area (Å²) in [6, 6.07) is 6.69. The summed E-state index contributed by atoms with van der Waals surface area (Å²) < 4.78 is 33.3. The largest absolute Gasteiger partial charge is 0.339 e. The van der Waals surface area contributed by atoms with Crippen LogP contribution in [0.4, 0.5) is 0 Å². The fourth-order valence-corrected chi connectivity index (χ4v) is 4.43. The van der Waals surface area contributed by atoms with Crippen LogP contribution in [-0.2, 0) is 10.0 Å². The zero-order valence-electron chi connectivity index (χ0n) is 13.9. The molecule has 0 saturated heterocycles. The lowest BCUT2D eigenvalue weighted by atomic mass is 9.97. The highest BCUT2D eigenvalue weighted by molar-refractivity contribution is 7.89. The molecule has 6 nitrogen and oxygen atoms in total. The smallest absolute Gasteiger partial charge is 0.240 e. The van der Waals surface area contributed by atoms with Gasteiger partial charge in [0.2, 0.25) is 21.7 Å². The van der Waals surface area contributed by atoms with E-state index in [0.717, 1.165) is 25.7 Å². The maximum absolute atomic E-state index is 12.7.